The summed E-state index contributed by atoms with van der Waals surface area (Å²) in [5.74, 6) is -0.961. The van der Waals surface area contributed by atoms with Crippen molar-refractivity contribution in [1.82, 2.24) is 4.90 Å². The normalized spacial score (nSPS) is 27.1. The van der Waals surface area contributed by atoms with E-state index in [-0.39, 0.29) is 6.10 Å². The molecule has 1 aliphatic heterocycles. The van der Waals surface area contributed by atoms with E-state index < -0.39 is 12.0 Å². The van der Waals surface area contributed by atoms with Crippen molar-refractivity contribution < 1.29 is 14.6 Å². The Bertz CT molecular complexity index is 186. The molecule has 5 nitrogen and oxygen atoms in total. The summed E-state index contributed by atoms with van der Waals surface area (Å²) in [4.78, 5) is 12.6. The molecule has 0 aliphatic carbocycles. The van der Waals surface area contributed by atoms with Gasteiger partial charge in [0.25, 0.3) is 0 Å². The molecule has 1 aliphatic rings. The van der Waals surface area contributed by atoms with Gasteiger partial charge in [-0.05, 0) is 7.05 Å². The van der Waals surface area contributed by atoms with Crippen molar-refractivity contribution in [1.29, 1.82) is 0 Å². The predicted octanol–water partition coefficient (Wildman–Crippen LogP) is -0.881. The number of carbonyl (C=O) groups is 1. The number of carboxylic acid groups (broad SMARTS) is 1. The molecule has 0 amide bonds. The fourth-order valence-electron chi connectivity index (χ4n) is 1.39. The maximum Gasteiger partial charge on any atom is 0.320 e. The van der Waals surface area contributed by atoms with Crippen LogP contribution in [0.3, 0.4) is 0 Å². The van der Waals surface area contributed by atoms with E-state index in [0.717, 1.165) is 13.1 Å². The Balaban J connectivity index is 2.31. The first-order valence-corrected chi connectivity index (χ1v) is 4.38. The van der Waals surface area contributed by atoms with Crippen molar-refractivity contribution in [2.75, 3.05) is 26.7 Å². The minimum absolute atomic E-state index is 0.0372. The number of hydrogen-bond donors (Lipinski definition) is 2. The minimum Gasteiger partial charge on any atom is -0.480 e. The molecule has 1 rings (SSSR count). The molecule has 0 aromatic carbocycles. The molecule has 1 unspecified atom stereocenters. The van der Waals surface area contributed by atoms with Gasteiger partial charge in [-0.2, -0.15) is 0 Å². The van der Waals surface area contributed by atoms with E-state index in [1.165, 1.54) is 0 Å². The Kier molecular flexibility index (Phi) is 3.65. The van der Waals surface area contributed by atoms with Gasteiger partial charge in [0.15, 0.2) is 0 Å². The van der Waals surface area contributed by atoms with Gasteiger partial charge in [-0.3, -0.25) is 4.79 Å². The molecule has 5 heteroatoms. The number of nitrogens with zero attached hydrogens (tertiary/aromatic N) is 1. The smallest absolute Gasteiger partial charge is 0.320 e. The van der Waals surface area contributed by atoms with E-state index in [9.17, 15) is 4.79 Å². The average molecular weight is 188 g/mol. The van der Waals surface area contributed by atoms with E-state index in [1.807, 2.05) is 7.05 Å². The van der Waals surface area contributed by atoms with E-state index in [2.05, 4.69) is 4.90 Å². The zero-order valence-corrected chi connectivity index (χ0v) is 7.77. The fraction of sp³-hybridized carbons (Fsp3) is 0.875. The number of nitrogens with two attached hydrogens (primary N) is 1. The molecular formula is C8H16N2O3. The molecule has 1 heterocycles. The number of aliphatic carboxylic acids is 1. The Labute approximate surface area is 77.5 Å². The average Bonchev–Trinajstić information content (AvgIpc) is 2.04. The quantitative estimate of drug-likeness (QED) is 0.601. The van der Waals surface area contributed by atoms with Crippen LogP contribution in [0.15, 0.2) is 0 Å². The summed E-state index contributed by atoms with van der Waals surface area (Å²) in [6, 6.07) is -0.809. The third-order valence-corrected chi connectivity index (χ3v) is 2.18. The number of morpholine rings is 1. The van der Waals surface area contributed by atoms with Gasteiger partial charge < -0.3 is 20.5 Å². The molecule has 0 bridgehead atoms. The topological polar surface area (TPSA) is 75.8 Å². The predicted molar refractivity (Wildman–Crippen MR) is 47.5 cm³/mol. The Hall–Kier alpha value is -0.650. The van der Waals surface area contributed by atoms with Gasteiger partial charge in [0, 0.05) is 19.5 Å². The third kappa shape index (κ3) is 3.30. The van der Waals surface area contributed by atoms with Crippen LogP contribution in [0.4, 0.5) is 0 Å². The molecule has 13 heavy (non-hydrogen) atoms. The summed E-state index contributed by atoms with van der Waals surface area (Å²) >= 11 is 0. The van der Waals surface area contributed by atoms with Crippen LogP contribution in [0.1, 0.15) is 6.42 Å². The lowest BCUT2D eigenvalue weighted by molar-refractivity contribution is -0.140. The van der Waals surface area contributed by atoms with Crippen LogP contribution in [-0.2, 0) is 9.53 Å². The van der Waals surface area contributed by atoms with Gasteiger partial charge in [-0.1, -0.05) is 0 Å². The highest BCUT2D eigenvalue weighted by Gasteiger charge is 2.23. The van der Waals surface area contributed by atoms with Crippen molar-refractivity contribution in [3.8, 4) is 0 Å². The zero-order valence-electron chi connectivity index (χ0n) is 7.77. The van der Waals surface area contributed by atoms with Crippen LogP contribution in [0, 0.1) is 0 Å². The number of hydrogen-bond acceptors (Lipinski definition) is 4. The summed E-state index contributed by atoms with van der Waals surface area (Å²) in [6.45, 7) is 2.33. The fourth-order valence-corrected chi connectivity index (χ4v) is 1.39. The molecule has 0 aromatic rings. The Morgan fingerprint density at radius 3 is 3.08 bits per heavy atom. The van der Waals surface area contributed by atoms with E-state index in [1.54, 1.807) is 0 Å². The molecule has 1 saturated heterocycles. The highest BCUT2D eigenvalue weighted by atomic mass is 16.5. The SMILES string of the molecule is CN1CCOC(C[C@H](N)C(=O)O)C1. The molecule has 0 aromatic heterocycles. The first-order valence-electron chi connectivity index (χ1n) is 4.38. The van der Waals surface area contributed by atoms with Gasteiger partial charge in [-0.25, -0.2) is 0 Å². The maximum atomic E-state index is 10.5. The van der Waals surface area contributed by atoms with E-state index in [0.29, 0.717) is 13.0 Å². The lowest BCUT2D eigenvalue weighted by Gasteiger charge is -2.30. The maximum absolute atomic E-state index is 10.5. The Morgan fingerprint density at radius 1 is 1.85 bits per heavy atom. The van der Waals surface area contributed by atoms with Crippen molar-refractivity contribution in [2.45, 2.75) is 18.6 Å². The van der Waals surface area contributed by atoms with Gasteiger partial charge in [-0.15, -0.1) is 0 Å². The summed E-state index contributed by atoms with van der Waals surface area (Å²) in [5, 5.41) is 8.58. The van der Waals surface area contributed by atoms with E-state index in [4.69, 9.17) is 15.6 Å². The van der Waals surface area contributed by atoms with Crippen LogP contribution in [0.5, 0.6) is 0 Å². The molecule has 0 radical (unpaired) electrons. The van der Waals surface area contributed by atoms with Crippen LogP contribution < -0.4 is 5.73 Å². The van der Waals surface area contributed by atoms with Crippen LogP contribution in [-0.4, -0.2) is 54.9 Å². The molecule has 1 fully saturated rings. The van der Waals surface area contributed by atoms with Crippen LogP contribution in [0.25, 0.3) is 0 Å². The second-order valence-corrected chi connectivity index (χ2v) is 3.44. The van der Waals surface area contributed by atoms with Crippen molar-refractivity contribution in [2.24, 2.45) is 5.73 Å². The van der Waals surface area contributed by atoms with Crippen molar-refractivity contribution in [3.05, 3.63) is 0 Å². The number of ether oxygens (including phenoxy) is 1. The standard InChI is InChI=1S/C8H16N2O3/c1-10-2-3-13-6(5-10)4-7(9)8(11)12/h6-7H,2-5,9H2,1H3,(H,11,12)/t6?,7-/m0/s1. The lowest BCUT2D eigenvalue weighted by atomic mass is 10.1. The zero-order chi connectivity index (χ0) is 9.84. The van der Waals surface area contributed by atoms with Gasteiger partial charge in [0.2, 0.25) is 0 Å². The van der Waals surface area contributed by atoms with E-state index >= 15 is 0 Å². The first-order chi connectivity index (χ1) is 6.09. The molecule has 0 saturated carbocycles. The molecule has 3 N–H and O–H groups in total. The lowest BCUT2D eigenvalue weighted by Crippen LogP contribution is -2.44. The summed E-state index contributed by atoms with van der Waals surface area (Å²) < 4.78 is 5.38. The summed E-state index contributed by atoms with van der Waals surface area (Å²) in [6.07, 6.45) is 0.351. The van der Waals surface area contributed by atoms with Gasteiger partial charge in [0.05, 0.1) is 12.7 Å². The monoisotopic (exact) mass is 188 g/mol. The molecular weight excluding hydrogens is 172 g/mol. The third-order valence-electron chi connectivity index (χ3n) is 2.18. The van der Waals surface area contributed by atoms with Crippen LogP contribution in [0.2, 0.25) is 0 Å². The van der Waals surface area contributed by atoms with Crippen molar-refractivity contribution >= 4 is 5.97 Å². The summed E-state index contributed by atoms with van der Waals surface area (Å²) in [7, 11) is 1.99. The minimum atomic E-state index is -0.961. The molecule has 0 spiro atoms. The highest BCUT2D eigenvalue weighted by Crippen LogP contribution is 2.08. The Morgan fingerprint density at radius 2 is 2.54 bits per heavy atom. The second-order valence-electron chi connectivity index (χ2n) is 3.44. The highest BCUT2D eigenvalue weighted by molar-refractivity contribution is 5.73. The van der Waals surface area contributed by atoms with Gasteiger partial charge in [0.1, 0.15) is 6.04 Å². The molecule has 2 atom stereocenters. The van der Waals surface area contributed by atoms with Gasteiger partial charge >= 0.3 is 5.97 Å². The molecule has 76 valence electrons. The second kappa shape index (κ2) is 4.55. The summed E-state index contributed by atoms with van der Waals surface area (Å²) in [5.41, 5.74) is 5.39. The van der Waals surface area contributed by atoms with Crippen molar-refractivity contribution in [3.63, 3.8) is 0 Å². The number of rotatable bonds is 3. The largest absolute Gasteiger partial charge is 0.480 e. The number of likely N-dealkylation sites (N-methyl/N-ethyl adjacent to an activating group) is 1. The number of carboxylic acids is 1. The van der Waals surface area contributed by atoms with Crippen LogP contribution >= 0.6 is 0 Å². The first kappa shape index (κ1) is 10.4.